The molecule has 2 aromatic rings. The van der Waals surface area contributed by atoms with E-state index in [0.29, 0.717) is 30.4 Å². The van der Waals surface area contributed by atoms with Crippen LogP contribution >= 0.6 is 0 Å². The van der Waals surface area contributed by atoms with Crippen molar-refractivity contribution in [2.75, 3.05) is 6.61 Å². The Labute approximate surface area is 106 Å². The number of carbonyl (C=O) groups is 1. The molecule has 0 saturated heterocycles. The topological polar surface area (TPSA) is 59.4 Å². The van der Waals surface area contributed by atoms with Gasteiger partial charge in [-0.1, -0.05) is 0 Å². The fraction of sp³-hybridized carbons (Fsp3) is 0.231. The van der Waals surface area contributed by atoms with Crippen LogP contribution in [0.4, 0.5) is 8.78 Å². The zero-order valence-electron chi connectivity index (χ0n) is 9.74. The highest BCUT2D eigenvalue weighted by Crippen LogP contribution is 2.29. The maximum absolute atomic E-state index is 13.7. The smallest absolute Gasteiger partial charge is 0.336 e. The van der Waals surface area contributed by atoms with Gasteiger partial charge < -0.3 is 9.84 Å². The van der Waals surface area contributed by atoms with Crippen LogP contribution in [0, 0.1) is 11.6 Å². The molecule has 4 nitrogen and oxygen atoms in total. The van der Waals surface area contributed by atoms with Crippen LogP contribution in [0.5, 0.6) is 0 Å². The van der Waals surface area contributed by atoms with E-state index in [1.165, 1.54) is 0 Å². The fourth-order valence-electron chi connectivity index (χ4n) is 2.33. The van der Waals surface area contributed by atoms with Gasteiger partial charge in [-0.2, -0.15) is 0 Å². The summed E-state index contributed by atoms with van der Waals surface area (Å²) in [6, 6.07) is 1.69. The average Bonchev–Trinajstić information content (AvgIpc) is 2.36. The molecule has 0 fully saturated rings. The van der Waals surface area contributed by atoms with E-state index in [-0.39, 0.29) is 23.1 Å². The minimum atomic E-state index is -1.24. The van der Waals surface area contributed by atoms with Crippen molar-refractivity contribution >= 4 is 16.9 Å². The summed E-state index contributed by atoms with van der Waals surface area (Å²) in [6.45, 7) is 0.505. The maximum Gasteiger partial charge on any atom is 0.336 e. The number of hydrogen-bond acceptors (Lipinski definition) is 3. The number of halogens is 2. The number of benzene rings is 1. The Bertz CT molecular complexity index is 700. The maximum atomic E-state index is 13.7. The third-order valence-electron chi connectivity index (χ3n) is 3.14. The van der Waals surface area contributed by atoms with Crippen molar-refractivity contribution in [2.24, 2.45) is 0 Å². The van der Waals surface area contributed by atoms with E-state index < -0.39 is 17.6 Å². The van der Waals surface area contributed by atoms with E-state index >= 15 is 0 Å². The molecule has 0 saturated carbocycles. The van der Waals surface area contributed by atoms with Gasteiger partial charge in [-0.3, -0.25) is 0 Å². The standard InChI is InChI=1S/C13H9F2NO3/c14-6-3-7-11(13(17)18)8-5-19-2-1-10(8)16-12(7)9(15)4-6/h3-4H,1-2,5H2,(H,17,18). The van der Waals surface area contributed by atoms with Crippen molar-refractivity contribution in [3.63, 3.8) is 0 Å². The van der Waals surface area contributed by atoms with Gasteiger partial charge in [0.15, 0.2) is 5.82 Å². The normalized spacial score (nSPS) is 14.4. The first-order valence-electron chi connectivity index (χ1n) is 5.69. The zero-order chi connectivity index (χ0) is 13.6. The number of fused-ring (bicyclic) bond motifs is 2. The summed E-state index contributed by atoms with van der Waals surface area (Å²) < 4.78 is 32.2. The van der Waals surface area contributed by atoms with E-state index in [0.717, 1.165) is 6.07 Å². The van der Waals surface area contributed by atoms with Crippen LogP contribution in [0.25, 0.3) is 10.9 Å². The first-order chi connectivity index (χ1) is 9.08. The van der Waals surface area contributed by atoms with E-state index in [1.807, 2.05) is 0 Å². The van der Waals surface area contributed by atoms with Crippen molar-refractivity contribution < 1.29 is 23.4 Å². The number of carboxylic acid groups (broad SMARTS) is 1. The molecule has 0 bridgehead atoms. The summed E-state index contributed by atoms with van der Waals surface area (Å²) in [4.78, 5) is 15.5. The molecule has 1 aromatic heterocycles. The Morgan fingerprint density at radius 3 is 2.89 bits per heavy atom. The van der Waals surface area contributed by atoms with Crippen LogP contribution in [0.1, 0.15) is 21.6 Å². The molecule has 1 aliphatic heterocycles. The minimum Gasteiger partial charge on any atom is -0.478 e. The molecule has 1 aromatic carbocycles. The molecule has 0 spiro atoms. The predicted molar refractivity (Wildman–Crippen MR) is 62.0 cm³/mol. The molecule has 0 aliphatic carbocycles. The lowest BCUT2D eigenvalue weighted by Gasteiger charge is -2.19. The van der Waals surface area contributed by atoms with Gasteiger partial charge in [0.1, 0.15) is 11.3 Å². The Kier molecular flexibility index (Phi) is 2.67. The second kappa shape index (κ2) is 4.24. The third kappa shape index (κ3) is 1.84. The van der Waals surface area contributed by atoms with Crippen LogP contribution in [-0.2, 0) is 17.8 Å². The summed E-state index contributed by atoms with van der Waals surface area (Å²) in [6.07, 6.45) is 0.419. The molecule has 0 atom stereocenters. The molecular formula is C13H9F2NO3. The van der Waals surface area contributed by atoms with Gasteiger partial charge in [-0.05, 0) is 6.07 Å². The molecule has 0 amide bonds. The molecule has 3 rings (SSSR count). The summed E-state index contributed by atoms with van der Waals surface area (Å²) in [5.74, 6) is -2.92. The lowest BCUT2D eigenvalue weighted by atomic mass is 9.98. The molecule has 1 aliphatic rings. The number of ether oxygens (including phenoxy) is 1. The van der Waals surface area contributed by atoms with E-state index in [4.69, 9.17) is 4.74 Å². The third-order valence-corrected chi connectivity index (χ3v) is 3.14. The van der Waals surface area contributed by atoms with Crippen molar-refractivity contribution in [1.29, 1.82) is 0 Å². The first kappa shape index (κ1) is 12.0. The molecule has 1 N–H and O–H groups in total. The second-order valence-corrected chi connectivity index (χ2v) is 4.30. The molecule has 0 unspecified atom stereocenters. The largest absolute Gasteiger partial charge is 0.478 e. The van der Waals surface area contributed by atoms with Crippen LogP contribution < -0.4 is 0 Å². The van der Waals surface area contributed by atoms with Gasteiger partial charge in [0.05, 0.1) is 18.8 Å². The molecule has 98 valence electrons. The lowest BCUT2D eigenvalue weighted by Crippen LogP contribution is -2.17. The van der Waals surface area contributed by atoms with Gasteiger partial charge in [-0.15, -0.1) is 0 Å². The van der Waals surface area contributed by atoms with Gasteiger partial charge >= 0.3 is 5.97 Å². The number of rotatable bonds is 1. The minimum absolute atomic E-state index is 0.0331. The Morgan fingerprint density at radius 1 is 1.37 bits per heavy atom. The van der Waals surface area contributed by atoms with Crippen molar-refractivity contribution in [3.8, 4) is 0 Å². The van der Waals surface area contributed by atoms with E-state index in [1.54, 1.807) is 0 Å². The van der Waals surface area contributed by atoms with Crippen molar-refractivity contribution in [2.45, 2.75) is 13.0 Å². The van der Waals surface area contributed by atoms with E-state index in [2.05, 4.69) is 4.98 Å². The molecule has 19 heavy (non-hydrogen) atoms. The average molecular weight is 265 g/mol. The van der Waals surface area contributed by atoms with Crippen LogP contribution in [0.15, 0.2) is 12.1 Å². The Morgan fingerprint density at radius 2 is 2.16 bits per heavy atom. The number of aromatic nitrogens is 1. The number of nitrogens with zero attached hydrogens (tertiary/aromatic N) is 1. The summed E-state index contributed by atoms with van der Waals surface area (Å²) in [5.41, 5.74) is 0.662. The SMILES string of the molecule is O=C(O)c1c2c(nc3c(F)cc(F)cc13)CCOC2. The number of carboxylic acids is 1. The van der Waals surface area contributed by atoms with Crippen molar-refractivity contribution in [1.82, 2.24) is 4.98 Å². The summed E-state index contributed by atoms with van der Waals surface area (Å²) in [5, 5.41) is 9.26. The quantitative estimate of drug-likeness (QED) is 0.859. The highest BCUT2D eigenvalue weighted by molar-refractivity contribution is 6.04. The monoisotopic (exact) mass is 265 g/mol. The fourth-order valence-corrected chi connectivity index (χ4v) is 2.33. The summed E-state index contributed by atoms with van der Waals surface area (Å²) in [7, 11) is 0. The predicted octanol–water partition coefficient (Wildman–Crippen LogP) is 2.28. The lowest BCUT2D eigenvalue weighted by molar-refractivity contribution is 0.0683. The number of aromatic carboxylic acids is 1. The van der Waals surface area contributed by atoms with Gasteiger partial charge in [0.2, 0.25) is 0 Å². The van der Waals surface area contributed by atoms with Crippen molar-refractivity contribution in [3.05, 3.63) is 40.6 Å². The second-order valence-electron chi connectivity index (χ2n) is 4.30. The van der Waals surface area contributed by atoms with E-state index in [9.17, 15) is 18.7 Å². The Balaban J connectivity index is 2.46. The first-order valence-corrected chi connectivity index (χ1v) is 5.69. The van der Waals surface area contributed by atoms with Gasteiger partial charge in [0, 0.05) is 29.1 Å². The van der Waals surface area contributed by atoms with Crippen LogP contribution in [-0.4, -0.2) is 22.7 Å². The van der Waals surface area contributed by atoms with Crippen LogP contribution in [0.3, 0.4) is 0 Å². The molecule has 6 heteroatoms. The highest BCUT2D eigenvalue weighted by Gasteiger charge is 2.24. The van der Waals surface area contributed by atoms with Gasteiger partial charge in [-0.25, -0.2) is 18.6 Å². The molecule has 0 radical (unpaired) electrons. The molecule has 2 heterocycles. The van der Waals surface area contributed by atoms with Crippen LogP contribution in [0.2, 0.25) is 0 Å². The highest BCUT2D eigenvalue weighted by atomic mass is 19.1. The number of hydrogen-bond donors (Lipinski definition) is 1. The number of pyridine rings is 1. The van der Waals surface area contributed by atoms with Gasteiger partial charge in [0.25, 0.3) is 0 Å². The molecular weight excluding hydrogens is 256 g/mol. The summed E-state index contributed by atoms with van der Waals surface area (Å²) >= 11 is 0. The zero-order valence-corrected chi connectivity index (χ0v) is 9.74. The Hall–Kier alpha value is -2.08.